The van der Waals surface area contributed by atoms with E-state index >= 15 is 0 Å². The predicted octanol–water partition coefficient (Wildman–Crippen LogP) is 1.92. The molecule has 0 atom stereocenters. The smallest absolute Gasteiger partial charge is 0.150 e. The fourth-order valence-corrected chi connectivity index (χ4v) is 2.23. The molecular weight excluding hydrogens is 158 g/mol. The van der Waals surface area contributed by atoms with Gasteiger partial charge in [-0.05, 0) is 6.04 Å². The highest BCUT2D eigenvalue weighted by atomic mass is 35.7. The van der Waals surface area contributed by atoms with Crippen LogP contribution in [0.3, 0.4) is 0 Å². The summed E-state index contributed by atoms with van der Waals surface area (Å²) in [4.78, 5) is 0. The molecule has 0 nitrogen and oxygen atoms in total. The van der Waals surface area contributed by atoms with Crippen molar-refractivity contribution >= 4 is 41.2 Å². The van der Waals surface area contributed by atoms with Crippen LogP contribution in [0.15, 0.2) is 0 Å². The summed E-state index contributed by atoms with van der Waals surface area (Å²) in [5, 5.41) is 0. The Kier molecular flexibility index (Phi) is 5.02. The summed E-state index contributed by atoms with van der Waals surface area (Å²) in [5.74, 6) is 0.601. The molecule has 0 amide bonds. The van der Waals surface area contributed by atoms with E-state index in [2.05, 4.69) is 0 Å². The summed E-state index contributed by atoms with van der Waals surface area (Å²) in [5.41, 5.74) is 0. The van der Waals surface area contributed by atoms with E-state index in [1.54, 1.807) is 0 Å². The van der Waals surface area contributed by atoms with E-state index < -0.39 is 7.42 Å². The van der Waals surface area contributed by atoms with Crippen LogP contribution in [0.4, 0.5) is 0 Å². The van der Waals surface area contributed by atoms with Crippen LogP contribution in [0, 0.1) is 0 Å². The van der Waals surface area contributed by atoms with Crippen LogP contribution in [0.5, 0.6) is 0 Å². The summed E-state index contributed by atoms with van der Waals surface area (Å²) >= 11 is 16.1. The van der Waals surface area contributed by atoms with Crippen LogP contribution in [0.25, 0.3) is 0 Å². The molecule has 0 rings (SSSR count). The molecule has 0 fully saturated rings. The lowest BCUT2D eigenvalue weighted by atomic mass is 11.0. The molecule has 6 heavy (non-hydrogen) atoms. The van der Waals surface area contributed by atoms with E-state index in [-0.39, 0.29) is 0 Å². The van der Waals surface area contributed by atoms with E-state index in [1.807, 2.05) is 0 Å². The van der Waals surface area contributed by atoms with Crippen molar-refractivity contribution in [2.24, 2.45) is 0 Å². The maximum atomic E-state index is 5.40. The van der Waals surface area contributed by atoms with Gasteiger partial charge in [0.25, 0.3) is 0 Å². The molecule has 0 bridgehead atoms. The summed E-state index contributed by atoms with van der Waals surface area (Å²) < 4.78 is 0. The number of hydrogen-bond acceptors (Lipinski definition) is 0. The largest absolute Gasteiger partial charge is 0.238 e. The van der Waals surface area contributed by atoms with Gasteiger partial charge in [-0.3, -0.25) is 0 Å². The molecule has 0 aliphatic carbocycles. The van der Waals surface area contributed by atoms with E-state index in [9.17, 15) is 0 Å². The van der Waals surface area contributed by atoms with Crippen LogP contribution < -0.4 is 0 Å². The van der Waals surface area contributed by atoms with Crippen molar-refractivity contribution in [2.75, 3.05) is 5.88 Å². The van der Waals surface area contributed by atoms with Crippen LogP contribution in [0.2, 0.25) is 6.04 Å². The highest BCUT2D eigenvalue weighted by Crippen LogP contribution is 2.02. The molecular formula is C2H5Cl3Si. The minimum absolute atomic E-state index is 0.601. The van der Waals surface area contributed by atoms with Crippen molar-refractivity contribution in [2.45, 2.75) is 6.04 Å². The molecule has 0 heterocycles. The van der Waals surface area contributed by atoms with Gasteiger partial charge in [0.2, 0.25) is 7.42 Å². The Labute approximate surface area is 53.4 Å². The highest BCUT2D eigenvalue weighted by molar-refractivity contribution is 7.33. The molecule has 0 saturated heterocycles. The van der Waals surface area contributed by atoms with E-state index in [0.717, 1.165) is 6.04 Å². The van der Waals surface area contributed by atoms with Gasteiger partial charge in [-0.2, -0.15) is 22.2 Å². The Morgan fingerprint density at radius 3 is 1.83 bits per heavy atom. The summed E-state index contributed by atoms with van der Waals surface area (Å²) in [6.45, 7) is 0. The van der Waals surface area contributed by atoms with Gasteiger partial charge in [-0.25, -0.2) is 0 Å². The van der Waals surface area contributed by atoms with Gasteiger partial charge in [0.1, 0.15) is 0 Å². The Bertz CT molecular complexity index is 30.0. The molecule has 0 radical (unpaired) electrons. The van der Waals surface area contributed by atoms with E-state index in [0.29, 0.717) is 5.88 Å². The second-order valence-electron chi connectivity index (χ2n) is 0.869. The lowest BCUT2D eigenvalue weighted by Crippen LogP contribution is -1.90. The monoisotopic (exact) mass is 162 g/mol. The molecule has 38 valence electrons. The fourth-order valence-electron chi connectivity index (χ4n) is 0.0825. The third kappa shape index (κ3) is 5.09. The highest BCUT2D eigenvalue weighted by Gasteiger charge is 1.96. The first kappa shape index (κ1) is 7.09. The standard InChI is InChI=1S/C2H5Cl3Si/c3-1-2-6(4)5/h6H,1-2H2. The first-order valence-electron chi connectivity index (χ1n) is 1.61. The van der Waals surface area contributed by atoms with E-state index in [1.165, 1.54) is 0 Å². The lowest BCUT2D eigenvalue weighted by Gasteiger charge is -1.86. The van der Waals surface area contributed by atoms with Crippen molar-refractivity contribution in [1.29, 1.82) is 0 Å². The van der Waals surface area contributed by atoms with Crippen LogP contribution in [-0.4, -0.2) is 13.3 Å². The minimum Gasteiger partial charge on any atom is -0.150 e. The topological polar surface area (TPSA) is 0 Å². The van der Waals surface area contributed by atoms with Crippen LogP contribution in [-0.2, 0) is 0 Å². The molecule has 0 N–H and O–H groups in total. The Morgan fingerprint density at radius 2 is 1.83 bits per heavy atom. The molecule has 0 unspecified atom stereocenters. The lowest BCUT2D eigenvalue weighted by molar-refractivity contribution is 1.48. The third-order valence-corrected chi connectivity index (χ3v) is 2.95. The maximum Gasteiger partial charge on any atom is 0.238 e. The maximum absolute atomic E-state index is 5.40. The SMILES string of the molecule is ClCC[SiH](Cl)Cl. The zero-order valence-corrected chi connectivity index (χ0v) is 6.55. The Hall–Kier alpha value is 1.09. The first-order chi connectivity index (χ1) is 2.77. The van der Waals surface area contributed by atoms with Crippen LogP contribution in [0.1, 0.15) is 0 Å². The number of halogens is 3. The third-order valence-electron chi connectivity index (χ3n) is 0.327. The molecule has 0 saturated carbocycles. The second kappa shape index (κ2) is 4.25. The predicted molar refractivity (Wildman–Crippen MR) is 34.4 cm³/mol. The summed E-state index contributed by atoms with van der Waals surface area (Å²) in [6, 6.07) is 0.810. The molecule has 0 aliphatic rings. The van der Waals surface area contributed by atoms with Gasteiger partial charge in [-0.15, -0.1) is 11.6 Å². The van der Waals surface area contributed by atoms with Crippen molar-refractivity contribution in [3.63, 3.8) is 0 Å². The first-order valence-corrected chi connectivity index (χ1v) is 6.45. The molecule has 0 aliphatic heterocycles. The quantitative estimate of drug-likeness (QED) is 0.332. The zero-order valence-electron chi connectivity index (χ0n) is 3.13. The summed E-state index contributed by atoms with van der Waals surface area (Å²) in [7, 11) is -1.36. The average Bonchev–Trinajstić information content (AvgIpc) is 1.35. The van der Waals surface area contributed by atoms with Crippen molar-refractivity contribution in [3.05, 3.63) is 0 Å². The minimum atomic E-state index is -1.36. The normalized spacial score (nSPS) is 10.0. The van der Waals surface area contributed by atoms with Crippen molar-refractivity contribution < 1.29 is 0 Å². The average molecular weight is 164 g/mol. The number of hydrogen-bond donors (Lipinski definition) is 0. The van der Waals surface area contributed by atoms with Gasteiger partial charge in [-0.1, -0.05) is 0 Å². The van der Waals surface area contributed by atoms with E-state index in [4.69, 9.17) is 33.8 Å². The Balaban J connectivity index is 2.63. The van der Waals surface area contributed by atoms with Gasteiger partial charge in [0.15, 0.2) is 0 Å². The Morgan fingerprint density at radius 1 is 1.33 bits per heavy atom. The van der Waals surface area contributed by atoms with Crippen molar-refractivity contribution in [3.8, 4) is 0 Å². The molecule has 4 heteroatoms. The van der Waals surface area contributed by atoms with Crippen LogP contribution >= 0.6 is 33.8 Å². The molecule has 0 aromatic carbocycles. The number of rotatable bonds is 2. The van der Waals surface area contributed by atoms with Crippen molar-refractivity contribution in [1.82, 2.24) is 0 Å². The van der Waals surface area contributed by atoms with Gasteiger partial charge >= 0.3 is 0 Å². The van der Waals surface area contributed by atoms with Gasteiger partial charge < -0.3 is 0 Å². The molecule has 0 aromatic heterocycles. The summed E-state index contributed by atoms with van der Waals surface area (Å²) in [6.07, 6.45) is 0. The second-order valence-corrected chi connectivity index (χ2v) is 6.44. The molecule has 0 aromatic rings. The molecule has 0 spiro atoms. The number of alkyl halides is 1. The van der Waals surface area contributed by atoms with Gasteiger partial charge in [0.05, 0.1) is 0 Å². The zero-order chi connectivity index (χ0) is 4.99. The fraction of sp³-hybridized carbons (Fsp3) is 1.00. The van der Waals surface area contributed by atoms with Gasteiger partial charge in [0, 0.05) is 5.88 Å².